The third-order valence-electron chi connectivity index (χ3n) is 3.91. The zero-order chi connectivity index (χ0) is 17.7. The van der Waals surface area contributed by atoms with Crippen LogP contribution in [0.2, 0.25) is 5.02 Å². The average molecular weight is 356 g/mol. The molecule has 2 heterocycles. The minimum absolute atomic E-state index is 0.0765. The van der Waals surface area contributed by atoms with Gasteiger partial charge in [-0.05, 0) is 30.3 Å². The molecule has 8 heteroatoms. The van der Waals surface area contributed by atoms with E-state index < -0.39 is 16.5 Å². The highest BCUT2D eigenvalue weighted by atomic mass is 35.5. The Hall–Kier alpha value is -3.32. The molecule has 0 spiro atoms. The van der Waals surface area contributed by atoms with Crippen molar-refractivity contribution in [1.82, 2.24) is 14.8 Å². The van der Waals surface area contributed by atoms with Gasteiger partial charge in [-0.3, -0.25) is 19.5 Å². The molecule has 2 aromatic carbocycles. The molecule has 25 heavy (non-hydrogen) atoms. The van der Waals surface area contributed by atoms with Crippen LogP contribution in [0.4, 0.5) is 0 Å². The predicted molar refractivity (Wildman–Crippen MR) is 95.0 cm³/mol. The number of hydrogen-bond donors (Lipinski definition) is 3. The lowest BCUT2D eigenvalue weighted by molar-refractivity contribution is 0.474. The number of aromatic hydroxyl groups is 1. The number of pyridine rings is 1. The molecule has 0 bridgehead atoms. The van der Waals surface area contributed by atoms with Gasteiger partial charge in [-0.15, -0.1) is 0 Å². The van der Waals surface area contributed by atoms with E-state index in [0.29, 0.717) is 10.5 Å². The maximum atomic E-state index is 12.8. The molecule has 0 saturated heterocycles. The van der Waals surface area contributed by atoms with Crippen molar-refractivity contribution < 1.29 is 5.11 Å². The number of rotatable bonds is 1. The first kappa shape index (κ1) is 15.2. The summed E-state index contributed by atoms with van der Waals surface area (Å²) in [5.41, 5.74) is -1.42. The number of hydrogen-bond acceptors (Lipinski definition) is 4. The van der Waals surface area contributed by atoms with Crippen LogP contribution in [0, 0.1) is 0 Å². The molecule has 4 rings (SSSR count). The number of phenols is 1. The van der Waals surface area contributed by atoms with E-state index in [-0.39, 0.29) is 27.7 Å². The van der Waals surface area contributed by atoms with Gasteiger partial charge >= 0.3 is 0 Å². The number of aromatic nitrogens is 3. The van der Waals surface area contributed by atoms with E-state index in [9.17, 15) is 19.5 Å². The van der Waals surface area contributed by atoms with Crippen LogP contribution in [0.1, 0.15) is 0 Å². The highest BCUT2D eigenvalue weighted by molar-refractivity contribution is 6.31. The molecule has 7 nitrogen and oxygen atoms in total. The van der Waals surface area contributed by atoms with Gasteiger partial charge in [0.2, 0.25) is 5.43 Å². The van der Waals surface area contributed by atoms with Crippen molar-refractivity contribution in [2.24, 2.45) is 0 Å². The fourth-order valence-electron chi connectivity index (χ4n) is 2.77. The van der Waals surface area contributed by atoms with Crippen molar-refractivity contribution in [2.75, 3.05) is 0 Å². The number of nitrogens with one attached hydrogen (secondary N) is 2. The van der Waals surface area contributed by atoms with Crippen molar-refractivity contribution in [1.29, 1.82) is 0 Å². The first-order valence-electron chi connectivity index (χ1n) is 7.26. The summed E-state index contributed by atoms with van der Waals surface area (Å²) < 4.78 is 0.932. The first-order valence-corrected chi connectivity index (χ1v) is 7.63. The van der Waals surface area contributed by atoms with E-state index >= 15 is 0 Å². The largest absolute Gasteiger partial charge is 0.508 e. The van der Waals surface area contributed by atoms with Gasteiger partial charge in [0.15, 0.2) is 0 Å². The van der Waals surface area contributed by atoms with E-state index in [4.69, 9.17) is 11.6 Å². The lowest BCUT2D eigenvalue weighted by atomic mass is 10.1. The van der Waals surface area contributed by atoms with Crippen LogP contribution in [0.3, 0.4) is 0 Å². The minimum atomic E-state index is -0.696. The Kier molecular flexibility index (Phi) is 3.26. The molecule has 0 aliphatic rings. The summed E-state index contributed by atoms with van der Waals surface area (Å²) in [6.45, 7) is 0. The topological polar surface area (TPSA) is 108 Å². The SMILES string of the molecule is O=c1[nH]n(-c2cccc(O)c2)c(=O)c2c(=O)c3ccc(Cl)cc3[nH]c12. The van der Waals surface area contributed by atoms with Crippen molar-refractivity contribution in [2.45, 2.75) is 0 Å². The highest BCUT2D eigenvalue weighted by Crippen LogP contribution is 2.17. The number of benzene rings is 2. The summed E-state index contributed by atoms with van der Waals surface area (Å²) >= 11 is 5.92. The Labute approximate surface area is 143 Å². The average Bonchev–Trinajstić information content (AvgIpc) is 2.57. The molecular formula is C17H10ClN3O4. The molecule has 0 atom stereocenters. The van der Waals surface area contributed by atoms with Crippen molar-refractivity contribution in [3.63, 3.8) is 0 Å². The maximum absolute atomic E-state index is 12.8. The monoisotopic (exact) mass is 355 g/mol. The van der Waals surface area contributed by atoms with Crippen LogP contribution in [-0.4, -0.2) is 19.9 Å². The zero-order valence-corrected chi connectivity index (χ0v) is 13.3. The number of halogens is 1. The Morgan fingerprint density at radius 1 is 1.04 bits per heavy atom. The number of nitrogens with zero attached hydrogens (tertiary/aromatic N) is 1. The Balaban J connectivity index is 2.19. The Morgan fingerprint density at radius 2 is 1.84 bits per heavy atom. The zero-order valence-electron chi connectivity index (χ0n) is 12.5. The third kappa shape index (κ3) is 2.33. The summed E-state index contributed by atoms with van der Waals surface area (Å²) in [4.78, 5) is 40.7. The Bertz CT molecular complexity index is 1330. The van der Waals surface area contributed by atoms with Gasteiger partial charge in [-0.25, -0.2) is 4.68 Å². The van der Waals surface area contributed by atoms with Crippen LogP contribution in [-0.2, 0) is 0 Å². The summed E-state index contributed by atoms with van der Waals surface area (Å²) in [5.74, 6) is -0.0765. The van der Waals surface area contributed by atoms with Crippen LogP contribution in [0.15, 0.2) is 56.8 Å². The first-order chi connectivity index (χ1) is 12.0. The van der Waals surface area contributed by atoms with Gasteiger partial charge in [0, 0.05) is 16.5 Å². The minimum Gasteiger partial charge on any atom is -0.508 e. The molecule has 124 valence electrons. The van der Waals surface area contributed by atoms with Crippen LogP contribution in [0.5, 0.6) is 5.75 Å². The molecule has 0 unspecified atom stereocenters. The smallest absolute Gasteiger partial charge is 0.287 e. The predicted octanol–water partition coefficient (Wildman–Crippen LogP) is 1.88. The molecule has 0 fully saturated rings. The van der Waals surface area contributed by atoms with E-state index in [0.717, 1.165) is 4.68 Å². The summed E-state index contributed by atoms with van der Waals surface area (Å²) in [5, 5.41) is 12.4. The van der Waals surface area contributed by atoms with E-state index in [1.165, 1.54) is 42.5 Å². The van der Waals surface area contributed by atoms with Crippen molar-refractivity contribution in [3.05, 3.63) is 78.4 Å². The molecule has 0 saturated carbocycles. The molecule has 0 amide bonds. The highest BCUT2D eigenvalue weighted by Gasteiger charge is 2.15. The van der Waals surface area contributed by atoms with Crippen LogP contribution >= 0.6 is 11.6 Å². The summed E-state index contributed by atoms with van der Waals surface area (Å²) in [7, 11) is 0. The van der Waals surface area contributed by atoms with E-state index in [2.05, 4.69) is 10.1 Å². The second-order valence-corrected chi connectivity index (χ2v) is 5.93. The van der Waals surface area contributed by atoms with Crippen LogP contribution < -0.4 is 16.5 Å². The summed E-state index contributed by atoms with van der Waals surface area (Å²) in [6, 6.07) is 10.3. The van der Waals surface area contributed by atoms with Crippen molar-refractivity contribution in [3.8, 4) is 11.4 Å². The van der Waals surface area contributed by atoms with Crippen LogP contribution in [0.25, 0.3) is 27.5 Å². The van der Waals surface area contributed by atoms with E-state index in [1.807, 2.05) is 0 Å². The maximum Gasteiger partial charge on any atom is 0.287 e. The molecule has 0 aliphatic heterocycles. The standard InChI is InChI=1S/C17H10ClN3O4/c18-8-4-5-11-12(6-8)19-14-13(15(11)23)17(25)21(20-16(14)24)9-2-1-3-10(22)7-9/h1-7,22H,(H,19,23)(H,20,24). The van der Waals surface area contributed by atoms with Gasteiger partial charge in [0.1, 0.15) is 16.7 Å². The van der Waals surface area contributed by atoms with Gasteiger partial charge in [-0.1, -0.05) is 17.7 Å². The molecule has 3 N–H and O–H groups in total. The molecule has 0 aliphatic carbocycles. The molecule has 0 radical (unpaired) electrons. The van der Waals surface area contributed by atoms with Gasteiger partial charge in [0.25, 0.3) is 11.1 Å². The fourth-order valence-corrected chi connectivity index (χ4v) is 2.94. The van der Waals surface area contributed by atoms with E-state index in [1.54, 1.807) is 0 Å². The Morgan fingerprint density at radius 3 is 2.60 bits per heavy atom. The summed E-state index contributed by atoms with van der Waals surface area (Å²) in [6.07, 6.45) is 0. The third-order valence-corrected chi connectivity index (χ3v) is 4.14. The van der Waals surface area contributed by atoms with Gasteiger partial charge < -0.3 is 10.1 Å². The number of H-pyrrole nitrogens is 2. The lowest BCUT2D eigenvalue weighted by Gasteiger charge is -2.08. The quantitative estimate of drug-likeness (QED) is 0.453. The molecule has 4 aromatic rings. The van der Waals surface area contributed by atoms with Crippen molar-refractivity contribution >= 4 is 33.4 Å². The second-order valence-electron chi connectivity index (χ2n) is 5.50. The van der Waals surface area contributed by atoms with Gasteiger partial charge in [0.05, 0.1) is 11.2 Å². The molecular weight excluding hydrogens is 346 g/mol. The number of aromatic amines is 2. The molecule has 2 aromatic heterocycles. The number of fused-ring (bicyclic) bond motifs is 2. The second kappa shape index (κ2) is 5.35. The normalized spacial score (nSPS) is 11.2. The fraction of sp³-hybridized carbons (Fsp3) is 0. The lowest BCUT2D eigenvalue weighted by Crippen LogP contribution is -2.32. The van der Waals surface area contributed by atoms with Gasteiger partial charge in [-0.2, -0.15) is 0 Å². The number of phenolic OH excluding ortho intramolecular Hbond substituents is 1.